The highest BCUT2D eigenvalue weighted by atomic mass is 19.4. The highest BCUT2D eigenvalue weighted by Crippen LogP contribution is 2.36. The lowest BCUT2D eigenvalue weighted by Crippen LogP contribution is -2.18. The molecule has 0 aliphatic heterocycles. The molecule has 1 aromatic heterocycles. The van der Waals surface area contributed by atoms with E-state index in [0.717, 1.165) is 6.07 Å². The van der Waals surface area contributed by atoms with Crippen molar-refractivity contribution < 1.29 is 18.0 Å². The molecule has 8 heteroatoms. The molecular weight excluding hydrogens is 285 g/mol. The van der Waals surface area contributed by atoms with E-state index in [1.165, 1.54) is 31.4 Å². The second kappa shape index (κ2) is 5.78. The number of rotatable bonds is 3. The molecule has 0 aliphatic rings. The molecule has 5 nitrogen and oxygen atoms in total. The minimum absolute atomic E-state index is 0.127. The second-order valence-corrected chi connectivity index (χ2v) is 4.04. The fourth-order valence-corrected chi connectivity index (χ4v) is 1.80. The van der Waals surface area contributed by atoms with Gasteiger partial charge in [0.2, 0.25) is 0 Å². The lowest BCUT2D eigenvalue weighted by atomic mass is 10.1. The van der Waals surface area contributed by atoms with Gasteiger partial charge in [0, 0.05) is 13.2 Å². The Balaban J connectivity index is 2.38. The van der Waals surface area contributed by atoms with Gasteiger partial charge in [0.05, 0.1) is 16.8 Å². The normalized spacial score (nSPS) is 11.0. The summed E-state index contributed by atoms with van der Waals surface area (Å²) in [6.45, 7) is 0. The molecule has 1 aromatic carbocycles. The van der Waals surface area contributed by atoms with E-state index in [9.17, 15) is 18.0 Å². The number of alkyl halides is 3. The van der Waals surface area contributed by atoms with E-state index in [1.54, 1.807) is 6.07 Å². The van der Waals surface area contributed by atoms with Crippen molar-refractivity contribution in [2.75, 3.05) is 17.7 Å². The Morgan fingerprint density at radius 1 is 1.19 bits per heavy atom. The number of hydrogen-bond donors (Lipinski definition) is 2. The molecule has 21 heavy (non-hydrogen) atoms. The highest BCUT2D eigenvalue weighted by Gasteiger charge is 2.35. The van der Waals surface area contributed by atoms with Crippen LogP contribution in [0.4, 0.5) is 24.7 Å². The zero-order valence-corrected chi connectivity index (χ0v) is 10.9. The van der Waals surface area contributed by atoms with Gasteiger partial charge < -0.3 is 10.6 Å². The minimum Gasteiger partial charge on any atom is -0.387 e. The van der Waals surface area contributed by atoms with Gasteiger partial charge in [0.15, 0.2) is 5.82 Å². The first-order valence-corrected chi connectivity index (χ1v) is 5.90. The molecule has 2 N–H and O–H groups in total. The van der Waals surface area contributed by atoms with Crippen molar-refractivity contribution in [1.82, 2.24) is 10.2 Å². The van der Waals surface area contributed by atoms with Crippen LogP contribution in [0.5, 0.6) is 0 Å². The number of nitrogens with one attached hydrogen (secondary N) is 2. The number of halogens is 3. The maximum Gasteiger partial charge on any atom is 0.418 e. The first kappa shape index (κ1) is 14.8. The Labute approximate surface area is 118 Å². The maximum absolute atomic E-state index is 12.9. The van der Waals surface area contributed by atoms with Gasteiger partial charge in [-0.05, 0) is 24.3 Å². The van der Waals surface area contributed by atoms with Crippen LogP contribution in [-0.2, 0) is 6.18 Å². The monoisotopic (exact) mass is 296 g/mol. The molecule has 0 fully saturated rings. The molecule has 0 aliphatic carbocycles. The smallest absolute Gasteiger partial charge is 0.387 e. The standard InChI is InChI=1S/C13H11F3N4O/c1-17-11-8(4-2-5-9(11)13(14,15)16)12(21)19-10-6-3-7-18-20-10/h2-7,17H,1H3,(H,19,20,21). The molecule has 110 valence electrons. The van der Waals surface area contributed by atoms with Crippen LogP contribution >= 0.6 is 0 Å². The summed E-state index contributed by atoms with van der Waals surface area (Å²) in [4.78, 5) is 12.1. The number of hydrogen-bond acceptors (Lipinski definition) is 4. The third kappa shape index (κ3) is 3.28. The van der Waals surface area contributed by atoms with Crippen molar-refractivity contribution in [2.45, 2.75) is 6.18 Å². The Bertz CT molecular complexity index is 644. The van der Waals surface area contributed by atoms with Crippen molar-refractivity contribution >= 4 is 17.4 Å². The van der Waals surface area contributed by atoms with Gasteiger partial charge in [-0.15, -0.1) is 5.10 Å². The number of anilines is 2. The lowest BCUT2D eigenvalue weighted by Gasteiger charge is -2.16. The molecule has 2 aromatic rings. The van der Waals surface area contributed by atoms with E-state index in [-0.39, 0.29) is 17.1 Å². The molecule has 0 saturated heterocycles. The molecule has 2 rings (SSSR count). The SMILES string of the molecule is CNc1c(C(=O)Nc2cccnn2)cccc1C(F)(F)F. The predicted octanol–water partition coefficient (Wildman–Crippen LogP) is 2.79. The van der Waals surface area contributed by atoms with Crippen molar-refractivity contribution in [2.24, 2.45) is 0 Å². The molecule has 0 bridgehead atoms. The predicted molar refractivity (Wildman–Crippen MR) is 71.0 cm³/mol. The number of carbonyl (C=O) groups excluding carboxylic acids is 1. The summed E-state index contributed by atoms with van der Waals surface area (Å²) < 4.78 is 38.7. The average molecular weight is 296 g/mol. The minimum atomic E-state index is -4.55. The van der Waals surface area contributed by atoms with Crippen LogP contribution in [-0.4, -0.2) is 23.2 Å². The van der Waals surface area contributed by atoms with E-state index >= 15 is 0 Å². The number of aromatic nitrogens is 2. The van der Waals surface area contributed by atoms with Crippen molar-refractivity contribution in [3.05, 3.63) is 47.7 Å². The molecule has 0 unspecified atom stereocenters. The first-order valence-electron chi connectivity index (χ1n) is 5.90. The summed E-state index contributed by atoms with van der Waals surface area (Å²) in [5, 5.41) is 12.0. The zero-order chi connectivity index (χ0) is 15.5. The van der Waals surface area contributed by atoms with Gasteiger partial charge in [-0.1, -0.05) is 6.07 Å². The Morgan fingerprint density at radius 2 is 1.95 bits per heavy atom. The van der Waals surface area contributed by atoms with Crippen LogP contribution < -0.4 is 10.6 Å². The van der Waals surface area contributed by atoms with Gasteiger partial charge in [-0.3, -0.25) is 4.79 Å². The molecular formula is C13H11F3N4O. The van der Waals surface area contributed by atoms with Gasteiger partial charge >= 0.3 is 6.18 Å². The first-order chi connectivity index (χ1) is 9.93. The van der Waals surface area contributed by atoms with Gasteiger partial charge in [-0.2, -0.15) is 18.3 Å². The van der Waals surface area contributed by atoms with E-state index in [1.807, 2.05) is 0 Å². The Morgan fingerprint density at radius 3 is 2.52 bits per heavy atom. The fraction of sp³-hybridized carbons (Fsp3) is 0.154. The van der Waals surface area contributed by atoms with Crippen molar-refractivity contribution in [3.8, 4) is 0 Å². The average Bonchev–Trinajstić information content (AvgIpc) is 2.46. The Kier molecular flexibility index (Phi) is 4.06. The molecule has 0 spiro atoms. The molecule has 1 amide bonds. The van der Waals surface area contributed by atoms with Gasteiger partial charge in [0.25, 0.3) is 5.91 Å². The van der Waals surface area contributed by atoms with Crippen LogP contribution in [0.25, 0.3) is 0 Å². The van der Waals surface area contributed by atoms with Crippen LogP contribution in [0.15, 0.2) is 36.5 Å². The fourth-order valence-electron chi connectivity index (χ4n) is 1.80. The number of benzene rings is 1. The summed E-state index contributed by atoms with van der Waals surface area (Å²) in [5.74, 6) is -0.548. The van der Waals surface area contributed by atoms with Crippen LogP contribution in [0.2, 0.25) is 0 Å². The van der Waals surface area contributed by atoms with E-state index in [0.29, 0.717) is 0 Å². The number of amides is 1. The summed E-state index contributed by atoms with van der Waals surface area (Å²) in [6.07, 6.45) is -3.14. The summed E-state index contributed by atoms with van der Waals surface area (Å²) in [7, 11) is 1.32. The van der Waals surface area contributed by atoms with Crippen molar-refractivity contribution in [1.29, 1.82) is 0 Å². The largest absolute Gasteiger partial charge is 0.418 e. The van der Waals surface area contributed by atoms with Crippen molar-refractivity contribution in [3.63, 3.8) is 0 Å². The summed E-state index contributed by atoms with van der Waals surface area (Å²) >= 11 is 0. The van der Waals surface area contributed by atoms with E-state index < -0.39 is 17.6 Å². The second-order valence-electron chi connectivity index (χ2n) is 4.04. The highest BCUT2D eigenvalue weighted by molar-refractivity contribution is 6.08. The molecule has 1 heterocycles. The topological polar surface area (TPSA) is 66.9 Å². The zero-order valence-electron chi connectivity index (χ0n) is 10.9. The van der Waals surface area contributed by atoms with Crippen LogP contribution in [0.1, 0.15) is 15.9 Å². The molecule has 0 radical (unpaired) electrons. The van der Waals surface area contributed by atoms with E-state index in [2.05, 4.69) is 20.8 Å². The number of para-hydroxylation sites is 1. The lowest BCUT2D eigenvalue weighted by molar-refractivity contribution is -0.136. The third-order valence-corrected chi connectivity index (χ3v) is 2.68. The molecule has 0 atom stereocenters. The quantitative estimate of drug-likeness (QED) is 0.914. The number of nitrogens with zero attached hydrogens (tertiary/aromatic N) is 2. The third-order valence-electron chi connectivity index (χ3n) is 2.68. The van der Waals surface area contributed by atoms with Crippen LogP contribution in [0, 0.1) is 0 Å². The number of carbonyl (C=O) groups is 1. The van der Waals surface area contributed by atoms with E-state index in [4.69, 9.17) is 0 Å². The summed E-state index contributed by atoms with van der Waals surface area (Å²) in [6, 6.07) is 6.41. The summed E-state index contributed by atoms with van der Waals surface area (Å²) in [5.41, 5.74) is -1.32. The van der Waals surface area contributed by atoms with Gasteiger partial charge in [-0.25, -0.2) is 0 Å². The Hall–Kier alpha value is -2.64. The molecule has 0 saturated carbocycles. The van der Waals surface area contributed by atoms with Crippen LogP contribution in [0.3, 0.4) is 0 Å². The van der Waals surface area contributed by atoms with Gasteiger partial charge in [0.1, 0.15) is 0 Å². The maximum atomic E-state index is 12.9.